The van der Waals surface area contributed by atoms with Crippen LogP contribution >= 0.6 is 0 Å². The molecule has 4 heteroatoms. The van der Waals surface area contributed by atoms with Crippen molar-refractivity contribution < 1.29 is 4.42 Å². The number of nitrogens with zero attached hydrogens (tertiary/aromatic N) is 3. The minimum atomic E-state index is -0.584. The van der Waals surface area contributed by atoms with Crippen LogP contribution in [0.15, 0.2) is 175 Å². The van der Waals surface area contributed by atoms with Crippen LogP contribution in [0.2, 0.25) is 0 Å². The Labute approximate surface area is 296 Å². The molecule has 1 unspecified atom stereocenters. The van der Waals surface area contributed by atoms with Crippen molar-refractivity contribution in [3.63, 3.8) is 0 Å². The van der Waals surface area contributed by atoms with Crippen LogP contribution < -0.4 is 0 Å². The van der Waals surface area contributed by atoms with Crippen molar-refractivity contribution in [1.29, 1.82) is 0 Å². The first-order valence-corrected chi connectivity index (χ1v) is 17.3. The normalized spacial score (nSPS) is 13.4. The molecule has 0 radical (unpaired) electrons. The highest BCUT2D eigenvalue weighted by Gasteiger charge is 2.29. The van der Waals surface area contributed by atoms with E-state index in [0.717, 1.165) is 77.2 Å². The Kier molecular flexibility index (Phi) is 7.25. The van der Waals surface area contributed by atoms with Crippen molar-refractivity contribution in [1.82, 2.24) is 14.5 Å². The van der Waals surface area contributed by atoms with Crippen LogP contribution in [0.25, 0.3) is 88.4 Å². The minimum absolute atomic E-state index is 0.584. The molecule has 9 aromatic rings. The zero-order chi connectivity index (χ0) is 34.5. The largest absolute Gasteiger partial charge is 0.454 e. The van der Waals surface area contributed by atoms with E-state index in [9.17, 15) is 0 Å². The standard InChI is InChI=1S/C47H35N3O/c1-4-6-17-28-47(3,5-2)50-40-27-26-33(46-48-38(31-18-9-7-10-19-31)30-39(49-46)32-20-11-8-12-21-32)29-37(40)42-34-22-13-14-23-35(34)43-36-24-15-16-25-41(36)51-45(43)44(42)50/h4-30H,2H2,1,3H3/b6-4-,28-17-. The summed E-state index contributed by atoms with van der Waals surface area (Å²) in [6, 6.07) is 46.3. The number of fused-ring (bicyclic) bond motifs is 10. The number of hydrogen-bond acceptors (Lipinski definition) is 3. The van der Waals surface area contributed by atoms with Gasteiger partial charge in [0.15, 0.2) is 11.4 Å². The summed E-state index contributed by atoms with van der Waals surface area (Å²) < 4.78 is 9.23. The summed E-state index contributed by atoms with van der Waals surface area (Å²) >= 11 is 0. The lowest BCUT2D eigenvalue weighted by Gasteiger charge is -2.27. The fourth-order valence-electron chi connectivity index (χ4n) is 7.50. The molecule has 3 heterocycles. The lowest BCUT2D eigenvalue weighted by atomic mass is 9.97. The number of furan rings is 1. The lowest BCUT2D eigenvalue weighted by Crippen LogP contribution is -2.24. The quantitative estimate of drug-likeness (QED) is 0.127. The van der Waals surface area contributed by atoms with Gasteiger partial charge in [0.25, 0.3) is 0 Å². The molecule has 0 amide bonds. The second kappa shape index (κ2) is 12.1. The molecule has 51 heavy (non-hydrogen) atoms. The highest BCUT2D eigenvalue weighted by Crippen LogP contribution is 2.47. The van der Waals surface area contributed by atoms with Crippen LogP contribution in [0.1, 0.15) is 13.8 Å². The molecule has 0 bridgehead atoms. The molecule has 0 saturated carbocycles. The fourth-order valence-corrected chi connectivity index (χ4v) is 7.50. The Morgan fingerprint density at radius 3 is 1.88 bits per heavy atom. The monoisotopic (exact) mass is 657 g/mol. The third-order valence-electron chi connectivity index (χ3n) is 10.00. The van der Waals surface area contributed by atoms with Gasteiger partial charge >= 0.3 is 0 Å². The zero-order valence-corrected chi connectivity index (χ0v) is 28.5. The van der Waals surface area contributed by atoms with Gasteiger partial charge < -0.3 is 8.98 Å². The first-order valence-electron chi connectivity index (χ1n) is 17.3. The molecule has 0 fully saturated rings. The van der Waals surface area contributed by atoms with E-state index >= 15 is 0 Å². The van der Waals surface area contributed by atoms with Gasteiger partial charge in [0, 0.05) is 38.2 Å². The fraction of sp³-hybridized carbons (Fsp3) is 0.0638. The molecule has 0 spiro atoms. The number of hydrogen-bond donors (Lipinski definition) is 0. The molecular formula is C47H35N3O. The van der Waals surface area contributed by atoms with Gasteiger partial charge in [0.05, 0.1) is 28.0 Å². The van der Waals surface area contributed by atoms with Crippen LogP contribution in [-0.2, 0) is 5.54 Å². The third-order valence-corrected chi connectivity index (χ3v) is 10.00. The number of benzene rings is 6. The summed E-state index contributed by atoms with van der Waals surface area (Å²) in [7, 11) is 0. The van der Waals surface area contributed by atoms with Gasteiger partial charge in [-0.2, -0.15) is 0 Å². The van der Waals surface area contributed by atoms with Crippen LogP contribution in [0.4, 0.5) is 0 Å². The van der Waals surface area contributed by atoms with Crippen LogP contribution in [0.3, 0.4) is 0 Å². The van der Waals surface area contributed by atoms with Crippen molar-refractivity contribution >= 4 is 54.5 Å². The molecule has 244 valence electrons. The van der Waals surface area contributed by atoms with Crippen molar-refractivity contribution in [3.8, 4) is 33.9 Å². The maximum atomic E-state index is 6.84. The Bertz CT molecular complexity index is 2780. The summed E-state index contributed by atoms with van der Waals surface area (Å²) in [5, 5.41) is 6.78. The summed E-state index contributed by atoms with van der Waals surface area (Å²) in [4.78, 5) is 10.4. The number of allylic oxidation sites excluding steroid dienone is 5. The Morgan fingerprint density at radius 2 is 1.24 bits per heavy atom. The molecule has 0 aliphatic heterocycles. The van der Waals surface area contributed by atoms with Crippen molar-refractivity contribution in [2.45, 2.75) is 19.4 Å². The molecule has 0 saturated heterocycles. The van der Waals surface area contributed by atoms with Gasteiger partial charge in [-0.1, -0.05) is 134 Å². The van der Waals surface area contributed by atoms with E-state index in [1.807, 2.05) is 61.5 Å². The molecule has 1 atom stereocenters. The van der Waals surface area contributed by atoms with E-state index in [1.54, 1.807) is 0 Å². The van der Waals surface area contributed by atoms with Crippen LogP contribution in [0, 0.1) is 0 Å². The second-order valence-corrected chi connectivity index (χ2v) is 13.1. The van der Waals surface area contributed by atoms with E-state index in [4.69, 9.17) is 14.4 Å². The highest BCUT2D eigenvalue weighted by molar-refractivity contribution is 6.35. The molecule has 6 aromatic carbocycles. The van der Waals surface area contributed by atoms with Crippen molar-refractivity contribution in [2.75, 3.05) is 0 Å². The van der Waals surface area contributed by atoms with Gasteiger partial charge in [0.1, 0.15) is 5.58 Å². The molecule has 0 aliphatic rings. The van der Waals surface area contributed by atoms with Gasteiger partial charge in [-0.25, -0.2) is 9.97 Å². The maximum absolute atomic E-state index is 6.84. The predicted octanol–water partition coefficient (Wildman–Crippen LogP) is 12.7. The van der Waals surface area contributed by atoms with Crippen molar-refractivity contribution in [3.05, 3.63) is 170 Å². The summed E-state index contributed by atoms with van der Waals surface area (Å²) in [6.07, 6.45) is 10.4. The zero-order valence-electron chi connectivity index (χ0n) is 28.5. The minimum Gasteiger partial charge on any atom is -0.454 e. The topological polar surface area (TPSA) is 43.9 Å². The average molecular weight is 658 g/mol. The first kappa shape index (κ1) is 30.5. The van der Waals surface area contributed by atoms with E-state index < -0.39 is 5.54 Å². The molecular weight excluding hydrogens is 623 g/mol. The molecule has 0 N–H and O–H groups in total. The Balaban J connectivity index is 1.42. The summed E-state index contributed by atoms with van der Waals surface area (Å²) in [6.45, 7) is 8.59. The molecule has 9 rings (SSSR count). The van der Waals surface area contributed by atoms with Crippen molar-refractivity contribution in [2.24, 2.45) is 0 Å². The summed E-state index contributed by atoms with van der Waals surface area (Å²) in [5.41, 5.74) is 8.04. The smallest absolute Gasteiger partial charge is 0.160 e. The number of rotatable bonds is 7. The lowest BCUT2D eigenvalue weighted by molar-refractivity contribution is 0.549. The SMILES string of the molecule is C=CC(C)(/C=C\C=C/C)n1c2ccc(-c3nc(-c4ccccc4)cc(-c4ccccc4)n3)cc2c2c3ccccc3c3c4ccccc4oc3c21. The van der Waals surface area contributed by atoms with E-state index in [1.165, 1.54) is 5.39 Å². The van der Waals surface area contributed by atoms with E-state index in [2.05, 4.69) is 127 Å². The third kappa shape index (κ3) is 4.91. The highest BCUT2D eigenvalue weighted by atomic mass is 16.3. The molecule has 0 aliphatic carbocycles. The van der Waals surface area contributed by atoms with Gasteiger partial charge in [0.2, 0.25) is 0 Å². The van der Waals surface area contributed by atoms with E-state index in [-0.39, 0.29) is 0 Å². The van der Waals surface area contributed by atoms with Gasteiger partial charge in [-0.05, 0) is 55.0 Å². The van der Waals surface area contributed by atoms with Crippen LogP contribution in [0.5, 0.6) is 0 Å². The molecule has 4 nitrogen and oxygen atoms in total. The van der Waals surface area contributed by atoms with Gasteiger partial charge in [-0.15, -0.1) is 6.58 Å². The average Bonchev–Trinajstić information content (AvgIpc) is 3.75. The Hall–Kier alpha value is -6.52. The number of para-hydroxylation sites is 1. The van der Waals surface area contributed by atoms with Gasteiger partial charge in [-0.3, -0.25) is 0 Å². The number of aromatic nitrogens is 3. The molecule has 3 aromatic heterocycles. The second-order valence-electron chi connectivity index (χ2n) is 13.1. The van der Waals surface area contributed by atoms with Crippen LogP contribution in [-0.4, -0.2) is 14.5 Å². The maximum Gasteiger partial charge on any atom is 0.160 e. The predicted molar refractivity (Wildman–Crippen MR) is 214 cm³/mol. The van der Waals surface area contributed by atoms with E-state index in [0.29, 0.717) is 5.82 Å². The first-order chi connectivity index (χ1) is 25.1. The Morgan fingerprint density at radius 1 is 0.627 bits per heavy atom. The summed E-state index contributed by atoms with van der Waals surface area (Å²) in [5.74, 6) is 0.673.